The molecule has 0 spiro atoms. The molecule has 31 heavy (non-hydrogen) atoms. The van der Waals surface area contributed by atoms with Crippen LogP contribution < -0.4 is 5.32 Å². The van der Waals surface area contributed by atoms with Gasteiger partial charge < -0.3 is 10.1 Å². The minimum Gasteiger partial charge on any atom is -0.449 e. The molecule has 1 aliphatic heterocycles. The van der Waals surface area contributed by atoms with E-state index in [2.05, 4.69) is 5.32 Å². The van der Waals surface area contributed by atoms with Gasteiger partial charge in [-0.1, -0.05) is 19.4 Å². The highest BCUT2D eigenvalue weighted by Crippen LogP contribution is 2.25. The van der Waals surface area contributed by atoms with E-state index in [0.717, 1.165) is 6.42 Å². The van der Waals surface area contributed by atoms with Crippen molar-refractivity contribution in [1.82, 2.24) is 4.90 Å². The third-order valence-electron chi connectivity index (χ3n) is 4.85. The first-order valence-corrected chi connectivity index (χ1v) is 9.88. The van der Waals surface area contributed by atoms with E-state index in [9.17, 15) is 19.2 Å². The predicted molar refractivity (Wildman–Crippen MR) is 111 cm³/mol. The number of unbranched alkanes of at least 4 members (excludes halogenated alkanes) is 1. The number of nitriles is 1. The summed E-state index contributed by atoms with van der Waals surface area (Å²) >= 11 is 0. The molecule has 3 rings (SSSR count). The molecule has 1 unspecified atom stereocenters. The van der Waals surface area contributed by atoms with E-state index < -0.39 is 23.9 Å². The maximum Gasteiger partial charge on any atom is 0.338 e. The van der Waals surface area contributed by atoms with Crippen LogP contribution in [0.3, 0.4) is 0 Å². The molecule has 1 N–H and O–H groups in total. The van der Waals surface area contributed by atoms with Crippen molar-refractivity contribution in [3.63, 3.8) is 0 Å². The summed E-state index contributed by atoms with van der Waals surface area (Å²) in [6.07, 6.45) is 0.417. The van der Waals surface area contributed by atoms with E-state index >= 15 is 0 Å². The number of amides is 3. The Labute approximate surface area is 179 Å². The van der Waals surface area contributed by atoms with Crippen LogP contribution in [0.5, 0.6) is 0 Å². The summed E-state index contributed by atoms with van der Waals surface area (Å²) in [4.78, 5) is 50.9. The molecule has 2 aromatic carbocycles. The Morgan fingerprint density at radius 3 is 2.58 bits per heavy atom. The second kappa shape index (κ2) is 9.22. The molecule has 1 aliphatic rings. The average Bonchev–Trinajstić information content (AvgIpc) is 3.01. The van der Waals surface area contributed by atoms with E-state index in [-0.39, 0.29) is 22.6 Å². The normalized spacial score (nSPS) is 13.4. The van der Waals surface area contributed by atoms with Crippen molar-refractivity contribution in [3.05, 3.63) is 64.7 Å². The van der Waals surface area contributed by atoms with Gasteiger partial charge in [0, 0.05) is 12.2 Å². The summed E-state index contributed by atoms with van der Waals surface area (Å²) in [6.45, 7) is 3.70. The molecule has 0 fully saturated rings. The molecule has 0 radical (unpaired) electrons. The van der Waals surface area contributed by atoms with Crippen LogP contribution in [0.4, 0.5) is 5.69 Å². The number of fused-ring (bicyclic) bond motifs is 1. The number of hydrogen-bond acceptors (Lipinski definition) is 6. The van der Waals surface area contributed by atoms with Crippen molar-refractivity contribution in [2.75, 3.05) is 11.9 Å². The van der Waals surface area contributed by atoms with Crippen LogP contribution in [0.15, 0.2) is 42.5 Å². The molecule has 0 aromatic heterocycles. The molecule has 158 valence electrons. The number of rotatable bonds is 7. The van der Waals surface area contributed by atoms with Gasteiger partial charge in [-0.3, -0.25) is 19.3 Å². The molecule has 3 amide bonds. The number of hydrogen-bond donors (Lipinski definition) is 1. The first-order chi connectivity index (χ1) is 14.8. The lowest BCUT2D eigenvalue weighted by molar-refractivity contribution is -0.123. The minimum atomic E-state index is -1.12. The van der Waals surface area contributed by atoms with Crippen molar-refractivity contribution >= 4 is 29.4 Å². The highest BCUT2D eigenvalue weighted by molar-refractivity contribution is 6.22. The van der Waals surface area contributed by atoms with E-state index in [1.807, 2.05) is 13.0 Å². The second-order valence-corrected chi connectivity index (χ2v) is 7.11. The summed E-state index contributed by atoms with van der Waals surface area (Å²) in [5.74, 6) is -2.17. The number of imide groups is 1. The number of esters is 1. The highest BCUT2D eigenvalue weighted by atomic mass is 16.5. The van der Waals surface area contributed by atoms with Crippen LogP contribution in [0.25, 0.3) is 0 Å². The molecular formula is C23H21N3O5. The van der Waals surface area contributed by atoms with E-state index in [4.69, 9.17) is 10.00 Å². The summed E-state index contributed by atoms with van der Waals surface area (Å²) in [6, 6.07) is 12.5. The lowest BCUT2D eigenvalue weighted by Crippen LogP contribution is -2.30. The maximum atomic E-state index is 12.5. The van der Waals surface area contributed by atoms with Crippen molar-refractivity contribution in [2.45, 2.75) is 32.8 Å². The molecule has 0 saturated heterocycles. The van der Waals surface area contributed by atoms with Gasteiger partial charge in [-0.15, -0.1) is 0 Å². The maximum absolute atomic E-state index is 12.5. The second-order valence-electron chi connectivity index (χ2n) is 7.11. The van der Waals surface area contributed by atoms with Gasteiger partial charge in [0.25, 0.3) is 17.7 Å². The fourth-order valence-electron chi connectivity index (χ4n) is 3.13. The molecule has 8 heteroatoms. The Morgan fingerprint density at radius 2 is 1.87 bits per heavy atom. The van der Waals surface area contributed by atoms with Crippen LogP contribution in [-0.2, 0) is 9.53 Å². The number of nitrogens with zero attached hydrogens (tertiary/aromatic N) is 2. The lowest BCUT2D eigenvalue weighted by Gasteiger charge is -2.14. The van der Waals surface area contributed by atoms with Gasteiger partial charge in [0.05, 0.1) is 28.3 Å². The zero-order valence-electron chi connectivity index (χ0n) is 17.2. The number of benzene rings is 2. The summed E-state index contributed by atoms with van der Waals surface area (Å²) < 4.78 is 5.21. The Kier molecular flexibility index (Phi) is 6.46. The van der Waals surface area contributed by atoms with Gasteiger partial charge in [-0.05, 0) is 49.7 Å². The van der Waals surface area contributed by atoms with Crippen LogP contribution in [0, 0.1) is 11.3 Å². The fraction of sp³-hybridized carbons (Fsp3) is 0.261. The number of nitrogens with one attached hydrogen (secondary N) is 1. The molecule has 1 atom stereocenters. The Balaban J connectivity index is 1.68. The number of ether oxygens (including phenoxy) is 1. The topological polar surface area (TPSA) is 117 Å². The Morgan fingerprint density at radius 1 is 1.13 bits per heavy atom. The number of anilines is 1. The molecule has 0 aliphatic carbocycles. The molecule has 1 heterocycles. The van der Waals surface area contributed by atoms with Gasteiger partial charge >= 0.3 is 5.97 Å². The zero-order valence-corrected chi connectivity index (χ0v) is 17.2. The van der Waals surface area contributed by atoms with Gasteiger partial charge in [0.15, 0.2) is 6.10 Å². The van der Waals surface area contributed by atoms with E-state index in [0.29, 0.717) is 24.2 Å². The summed E-state index contributed by atoms with van der Waals surface area (Å²) in [5.41, 5.74) is 1.26. The lowest BCUT2D eigenvalue weighted by atomic mass is 10.1. The average molecular weight is 419 g/mol. The number of carbonyl (C=O) groups is 4. The van der Waals surface area contributed by atoms with E-state index in [1.165, 1.54) is 36.1 Å². The minimum absolute atomic E-state index is 0.0726. The SMILES string of the molecule is CCCCN1C(=O)c2ccc(C(=O)OC(C)C(=O)Nc3cccc(C#N)c3)cc2C1=O. The fourth-order valence-corrected chi connectivity index (χ4v) is 3.13. The van der Waals surface area contributed by atoms with Crippen molar-refractivity contribution in [1.29, 1.82) is 5.26 Å². The standard InChI is InChI=1S/C23H21N3O5/c1-3-4-10-26-21(28)18-9-8-16(12-19(18)22(26)29)23(30)31-14(2)20(27)25-17-7-5-6-15(11-17)13-24/h5-9,11-12,14H,3-4,10H2,1-2H3,(H,25,27). The smallest absolute Gasteiger partial charge is 0.338 e. The molecule has 2 aromatic rings. The van der Waals surface area contributed by atoms with Crippen molar-refractivity contribution < 1.29 is 23.9 Å². The van der Waals surface area contributed by atoms with Crippen LogP contribution >= 0.6 is 0 Å². The first kappa shape index (κ1) is 21.7. The Bertz CT molecular complexity index is 1100. The quantitative estimate of drug-likeness (QED) is 0.544. The molecule has 8 nitrogen and oxygen atoms in total. The van der Waals surface area contributed by atoms with Crippen LogP contribution in [0.1, 0.15) is 63.3 Å². The van der Waals surface area contributed by atoms with Gasteiger partial charge in [0.2, 0.25) is 0 Å². The third kappa shape index (κ3) is 4.61. The van der Waals surface area contributed by atoms with Gasteiger partial charge in [-0.25, -0.2) is 4.79 Å². The predicted octanol–water partition coefficient (Wildman–Crippen LogP) is 3.14. The zero-order chi connectivity index (χ0) is 22.5. The van der Waals surface area contributed by atoms with Gasteiger partial charge in [-0.2, -0.15) is 5.26 Å². The third-order valence-corrected chi connectivity index (χ3v) is 4.85. The van der Waals surface area contributed by atoms with Gasteiger partial charge in [0.1, 0.15) is 0 Å². The largest absolute Gasteiger partial charge is 0.449 e. The van der Waals surface area contributed by atoms with Crippen LogP contribution in [-0.4, -0.2) is 41.2 Å². The Hall–Kier alpha value is -3.99. The van der Waals surface area contributed by atoms with E-state index in [1.54, 1.807) is 18.2 Å². The summed E-state index contributed by atoms with van der Waals surface area (Å²) in [7, 11) is 0. The van der Waals surface area contributed by atoms with Crippen molar-refractivity contribution in [2.24, 2.45) is 0 Å². The summed E-state index contributed by atoms with van der Waals surface area (Å²) in [5, 5.41) is 11.5. The van der Waals surface area contributed by atoms with Crippen molar-refractivity contribution in [3.8, 4) is 6.07 Å². The molecular weight excluding hydrogens is 398 g/mol. The first-order valence-electron chi connectivity index (χ1n) is 9.88. The number of carbonyl (C=O) groups excluding carboxylic acids is 4. The highest BCUT2D eigenvalue weighted by Gasteiger charge is 2.35. The molecule has 0 saturated carbocycles. The monoisotopic (exact) mass is 419 g/mol. The molecule has 0 bridgehead atoms. The van der Waals surface area contributed by atoms with Crippen LogP contribution in [0.2, 0.25) is 0 Å².